The highest BCUT2D eigenvalue weighted by Gasteiger charge is 2.29. The van der Waals surface area contributed by atoms with E-state index in [1.165, 1.54) is 16.7 Å². The van der Waals surface area contributed by atoms with E-state index in [1.807, 2.05) is 0 Å². The molecule has 0 bridgehead atoms. The SMILES string of the molecule is N#Cc1ccc(Cl)cc1-c1cc(=O)n(CC(=O)Nc2ccc(C3NOC(=O)N3)cc2)c2c1C(=O)CC2. The molecule has 180 valence electrons. The van der Waals surface area contributed by atoms with Crippen molar-refractivity contribution in [3.63, 3.8) is 0 Å². The number of anilines is 1. The first-order chi connectivity index (χ1) is 17.3. The lowest BCUT2D eigenvalue weighted by Crippen LogP contribution is -2.30. The molecule has 1 aliphatic carbocycles. The average Bonchev–Trinajstić information content (AvgIpc) is 3.47. The summed E-state index contributed by atoms with van der Waals surface area (Å²) in [7, 11) is 0. The summed E-state index contributed by atoms with van der Waals surface area (Å²) in [5.41, 5.74) is 5.12. The van der Waals surface area contributed by atoms with Crippen molar-refractivity contribution in [1.82, 2.24) is 15.4 Å². The van der Waals surface area contributed by atoms with Gasteiger partial charge in [-0.25, -0.2) is 4.79 Å². The normalized spacial score (nSPS) is 16.2. The Hall–Kier alpha value is -4.46. The molecule has 10 nitrogen and oxygen atoms in total. The highest BCUT2D eigenvalue weighted by molar-refractivity contribution is 6.31. The zero-order chi connectivity index (χ0) is 25.4. The minimum absolute atomic E-state index is 0.162. The van der Waals surface area contributed by atoms with E-state index in [4.69, 9.17) is 11.6 Å². The van der Waals surface area contributed by atoms with E-state index in [9.17, 15) is 24.4 Å². The topological polar surface area (TPSA) is 142 Å². The fraction of sp³-hybridized carbons (Fsp3) is 0.160. The number of hydrogen-bond donors (Lipinski definition) is 3. The van der Waals surface area contributed by atoms with Gasteiger partial charge in [0.2, 0.25) is 5.91 Å². The van der Waals surface area contributed by atoms with Crippen LogP contribution in [0.5, 0.6) is 0 Å². The maximum atomic E-state index is 13.1. The predicted molar refractivity (Wildman–Crippen MR) is 129 cm³/mol. The summed E-state index contributed by atoms with van der Waals surface area (Å²) in [6.07, 6.45) is -0.573. The van der Waals surface area contributed by atoms with Crippen molar-refractivity contribution in [2.45, 2.75) is 25.6 Å². The molecule has 3 N–H and O–H groups in total. The van der Waals surface area contributed by atoms with Gasteiger partial charge in [-0.15, -0.1) is 5.48 Å². The Kier molecular flexibility index (Phi) is 6.01. The van der Waals surface area contributed by atoms with Crippen LogP contribution in [0.25, 0.3) is 11.1 Å². The molecule has 1 aliphatic heterocycles. The van der Waals surface area contributed by atoms with E-state index in [0.717, 1.165) is 5.56 Å². The molecule has 3 aromatic rings. The lowest BCUT2D eigenvalue weighted by Gasteiger charge is -2.16. The summed E-state index contributed by atoms with van der Waals surface area (Å²) in [4.78, 5) is 54.5. The number of nitrogens with one attached hydrogen (secondary N) is 3. The molecule has 2 amide bonds. The van der Waals surface area contributed by atoms with Gasteiger partial charge in [-0.2, -0.15) is 5.26 Å². The standard InChI is InChI=1S/C25H18ClN5O5/c26-15-4-1-14(11-27)17(9-15)18-10-22(34)31(19-7-8-20(32)23(18)19)12-21(33)28-16-5-2-13(3-6-16)24-29-25(35)36-30-24/h1-6,9-10,24,30H,7-8,12H2,(H,28,33)(H,29,35). The predicted octanol–water partition coefficient (Wildman–Crippen LogP) is 3.05. The minimum Gasteiger partial charge on any atom is -0.351 e. The first-order valence-electron chi connectivity index (χ1n) is 11.0. The Morgan fingerprint density at radius 3 is 2.58 bits per heavy atom. The van der Waals surface area contributed by atoms with Crippen molar-refractivity contribution in [3.8, 4) is 17.2 Å². The zero-order valence-corrected chi connectivity index (χ0v) is 19.4. The second kappa shape index (κ2) is 9.30. The number of hydrogen-bond acceptors (Lipinski definition) is 7. The fourth-order valence-corrected chi connectivity index (χ4v) is 4.56. The highest BCUT2D eigenvalue weighted by atomic mass is 35.5. The zero-order valence-electron chi connectivity index (χ0n) is 18.6. The quantitative estimate of drug-likeness (QED) is 0.485. The first-order valence-corrected chi connectivity index (χ1v) is 11.3. The molecule has 2 aromatic carbocycles. The van der Waals surface area contributed by atoms with E-state index in [0.29, 0.717) is 45.1 Å². The molecule has 0 spiro atoms. The van der Waals surface area contributed by atoms with Gasteiger partial charge in [0.1, 0.15) is 12.7 Å². The number of nitrogens with zero attached hydrogens (tertiary/aromatic N) is 2. The van der Waals surface area contributed by atoms with Gasteiger partial charge in [0.25, 0.3) is 5.56 Å². The lowest BCUT2D eigenvalue weighted by atomic mass is 9.95. The molecular weight excluding hydrogens is 486 g/mol. The molecular formula is C25H18ClN5O5. The van der Waals surface area contributed by atoms with Gasteiger partial charge in [-0.3, -0.25) is 19.7 Å². The molecule has 0 radical (unpaired) electrons. The molecule has 1 saturated heterocycles. The Morgan fingerprint density at radius 1 is 1.11 bits per heavy atom. The molecule has 1 aromatic heterocycles. The van der Waals surface area contributed by atoms with Crippen molar-refractivity contribution in [1.29, 1.82) is 5.26 Å². The van der Waals surface area contributed by atoms with Crippen LogP contribution in [0.15, 0.2) is 53.3 Å². The average molecular weight is 504 g/mol. The number of pyridine rings is 1. The molecule has 1 fully saturated rings. The molecule has 2 heterocycles. The summed E-state index contributed by atoms with van der Waals surface area (Å²) in [6, 6.07) is 14.7. The Morgan fingerprint density at radius 2 is 1.89 bits per heavy atom. The molecule has 1 atom stereocenters. The summed E-state index contributed by atoms with van der Waals surface area (Å²) < 4.78 is 1.29. The van der Waals surface area contributed by atoms with Crippen LogP contribution in [0.4, 0.5) is 10.5 Å². The third-order valence-electron chi connectivity index (χ3n) is 6.04. The number of halogens is 1. The van der Waals surface area contributed by atoms with Gasteiger partial charge in [0, 0.05) is 45.6 Å². The number of aromatic nitrogens is 1. The first kappa shape index (κ1) is 23.3. The van der Waals surface area contributed by atoms with Crippen molar-refractivity contribution in [2.24, 2.45) is 0 Å². The van der Waals surface area contributed by atoms with Crippen LogP contribution in [-0.4, -0.2) is 22.4 Å². The molecule has 11 heteroatoms. The van der Waals surface area contributed by atoms with Crippen LogP contribution in [-0.2, 0) is 22.6 Å². The van der Waals surface area contributed by atoms with Gasteiger partial charge in [0.15, 0.2) is 5.78 Å². The Labute approximate surface area is 209 Å². The number of carbonyl (C=O) groups excluding carboxylic acids is 3. The third-order valence-corrected chi connectivity index (χ3v) is 6.27. The van der Waals surface area contributed by atoms with Gasteiger partial charge < -0.3 is 14.7 Å². The summed E-state index contributed by atoms with van der Waals surface area (Å²) in [6.45, 7) is -0.286. The summed E-state index contributed by atoms with van der Waals surface area (Å²) in [5, 5.41) is 15.2. The smallest absolute Gasteiger partial charge is 0.351 e. The Balaban J connectivity index is 1.41. The number of rotatable bonds is 5. The summed E-state index contributed by atoms with van der Waals surface area (Å²) in [5.74, 6) is -0.611. The largest absolute Gasteiger partial charge is 0.427 e. The van der Waals surface area contributed by atoms with Crippen molar-refractivity contribution in [3.05, 3.63) is 86.3 Å². The maximum Gasteiger partial charge on any atom is 0.427 e. The number of Topliss-reactive ketones (excluding diaryl/α,β-unsaturated/α-hetero) is 1. The van der Waals surface area contributed by atoms with E-state index in [2.05, 4.69) is 27.0 Å². The third kappa shape index (κ3) is 4.33. The van der Waals surface area contributed by atoms with Crippen LogP contribution in [0.3, 0.4) is 0 Å². The van der Waals surface area contributed by atoms with Gasteiger partial charge >= 0.3 is 6.09 Å². The molecule has 0 saturated carbocycles. The maximum absolute atomic E-state index is 13.1. The second-order valence-electron chi connectivity index (χ2n) is 8.28. The minimum atomic E-state index is -0.584. The van der Waals surface area contributed by atoms with Crippen LogP contribution in [0.2, 0.25) is 5.02 Å². The number of hydroxylamine groups is 1. The van der Waals surface area contributed by atoms with Crippen molar-refractivity contribution >= 4 is 35.1 Å². The molecule has 2 aliphatic rings. The molecule has 5 rings (SSSR count). The van der Waals surface area contributed by atoms with Crippen LogP contribution >= 0.6 is 11.6 Å². The van der Waals surface area contributed by atoms with Gasteiger partial charge in [-0.1, -0.05) is 23.7 Å². The molecule has 1 unspecified atom stereocenters. The number of amides is 2. The molecule has 36 heavy (non-hydrogen) atoms. The Bertz CT molecular complexity index is 1520. The van der Waals surface area contributed by atoms with Crippen LogP contribution in [0.1, 0.15) is 39.8 Å². The highest BCUT2D eigenvalue weighted by Crippen LogP contribution is 2.34. The monoisotopic (exact) mass is 503 g/mol. The number of ketones is 1. The van der Waals surface area contributed by atoms with Crippen LogP contribution < -0.4 is 21.7 Å². The van der Waals surface area contributed by atoms with E-state index in [-0.39, 0.29) is 18.7 Å². The number of nitriles is 1. The van der Waals surface area contributed by atoms with Crippen molar-refractivity contribution < 1.29 is 19.2 Å². The number of benzene rings is 2. The van der Waals surface area contributed by atoms with Crippen molar-refractivity contribution in [2.75, 3.05) is 5.32 Å². The van der Waals surface area contributed by atoms with E-state index < -0.39 is 23.7 Å². The summed E-state index contributed by atoms with van der Waals surface area (Å²) >= 11 is 6.12. The van der Waals surface area contributed by atoms with Gasteiger partial charge in [-0.05, 0) is 42.3 Å². The van der Waals surface area contributed by atoms with Crippen LogP contribution in [0, 0.1) is 11.3 Å². The van der Waals surface area contributed by atoms with E-state index >= 15 is 0 Å². The lowest BCUT2D eigenvalue weighted by molar-refractivity contribution is -0.116. The fourth-order valence-electron chi connectivity index (χ4n) is 4.39. The number of fused-ring (bicyclic) bond motifs is 1. The number of carbonyl (C=O) groups is 3. The van der Waals surface area contributed by atoms with E-state index in [1.54, 1.807) is 36.4 Å². The van der Waals surface area contributed by atoms with Gasteiger partial charge in [0.05, 0.1) is 11.6 Å². The second-order valence-corrected chi connectivity index (χ2v) is 8.72.